The Labute approximate surface area is 492 Å². The maximum Gasteiger partial charge on any atom is 0.335 e. The molecule has 0 aromatic rings. The molecule has 0 bridgehead atoms. The van der Waals surface area contributed by atoms with Crippen LogP contribution in [0, 0.1) is 0 Å². The van der Waals surface area contributed by atoms with Crippen molar-refractivity contribution in [2.75, 3.05) is 13.2 Å². The first-order valence-corrected chi connectivity index (χ1v) is 32.2. The summed E-state index contributed by atoms with van der Waals surface area (Å²) < 4.78 is 28.4. The number of unbranched alkanes of at least 4 members (excludes halogenated alkanes) is 25. The second-order valence-corrected chi connectivity index (χ2v) is 21.7. The lowest BCUT2D eigenvalue weighted by Gasteiger charge is -2.40. The fraction of sp³-hybridized carbons (Fsp3) is 0.710. The first kappa shape index (κ1) is 74.7. The lowest BCUT2D eigenvalue weighted by atomic mass is 9.98. The number of hydrogen-bond acceptors (Lipinski definition) is 11. The van der Waals surface area contributed by atoms with Gasteiger partial charge in [0.1, 0.15) is 18.8 Å². The molecule has 0 radical (unpaired) electrons. The Morgan fingerprint density at radius 1 is 0.432 bits per heavy atom. The zero-order valence-corrected chi connectivity index (χ0v) is 51.0. The number of esters is 3. The van der Waals surface area contributed by atoms with Crippen molar-refractivity contribution in [1.82, 2.24) is 0 Å². The summed E-state index contributed by atoms with van der Waals surface area (Å²) in [6.45, 7) is 5.70. The van der Waals surface area contributed by atoms with Gasteiger partial charge in [-0.2, -0.15) is 0 Å². The monoisotopic (exact) mass is 1130 g/mol. The molecule has 0 aliphatic carbocycles. The van der Waals surface area contributed by atoms with E-state index in [-0.39, 0.29) is 25.9 Å². The van der Waals surface area contributed by atoms with Gasteiger partial charge in [-0.15, -0.1) is 0 Å². The molecule has 0 saturated carbocycles. The van der Waals surface area contributed by atoms with Crippen molar-refractivity contribution in [3.05, 3.63) is 97.2 Å². The normalized spacial score (nSPS) is 18.4. The molecule has 0 spiro atoms. The highest BCUT2D eigenvalue weighted by Gasteiger charge is 2.50. The zero-order valence-electron chi connectivity index (χ0n) is 51.0. The highest BCUT2D eigenvalue weighted by molar-refractivity contribution is 5.74. The first-order chi connectivity index (χ1) is 39.6. The fourth-order valence-corrected chi connectivity index (χ4v) is 9.34. The Balaban J connectivity index is 2.69. The van der Waals surface area contributed by atoms with E-state index in [0.717, 1.165) is 109 Å². The number of allylic oxidation sites excluding steroid dienone is 15. The molecule has 1 aliphatic rings. The topological polar surface area (TPSA) is 175 Å². The van der Waals surface area contributed by atoms with Crippen LogP contribution >= 0.6 is 0 Å². The maximum absolute atomic E-state index is 13.1. The minimum absolute atomic E-state index is 0.0491. The second kappa shape index (κ2) is 56.1. The van der Waals surface area contributed by atoms with E-state index in [1.807, 2.05) is 12.2 Å². The number of aliphatic carboxylic acids is 1. The summed E-state index contributed by atoms with van der Waals surface area (Å²) >= 11 is 0. The van der Waals surface area contributed by atoms with E-state index < -0.39 is 67.3 Å². The minimum Gasteiger partial charge on any atom is -0.479 e. The van der Waals surface area contributed by atoms with Crippen LogP contribution in [0.5, 0.6) is 0 Å². The van der Waals surface area contributed by atoms with Gasteiger partial charge >= 0.3 is 23.9 Å². The molecule has 1 saturated heterocycles. The van der Waals surface area contributed by atoms with Gasteiger partial charge in [0, 0.05) is 12.8 Å². The van der Waals surface area contributed by atoms with E-state index in [1.54, 1.807) is 6.08 Å². The number of carboxylic acid groups (broad SMARTS) is 1. The van der Waals surface area contributed by atoms with Crippen LogP contribution in [0.25, 0.3) is 0 Å². The highest BCUT2D eigenvalue weighted by Crippen LogP contribution is 2.26. The number of carbonyl (C=O) groups excluding carboxylic acids is 3. The second-order valence-electron chi connectivity index (χ2n) is 21.7. The third-order valence-corrected chi connectivity index (χ3v) is 14.2. The predicted molar refractivity (Wildman–Crippen MR) is 331 cm³/mol. The summed E-state index contributed by atoms with van der Waals surface area (Å²) in [5, 5.41) is 31.6. The molecular weight excluding hydrogens is 1020 g/mol. The number of aliphatic hydroxyl groups excluding tert-OH is 2. The SMILES string of the molecule is CC/C=C\C/C=C\C/C=C\C/C=C\C/C=C\CC(=O)OC(COC(=O)CCCCCCCCC/C=C\C/C=C\C/C=C\CC)COC1OC(C(=O)O)C(O)C(O)C1OC(=O)CCCCCCCCCCCCCCCCCCCCC. The van der Waals surface area contributed by atoms with Crippen molar-refractivity contribution in [2.45, 2.75) is 302 Å². The Hall–Kier alpha value is -4.36. The van der Waals surface area contributed by atoms with Crippen LogP contribution < -0.4 is 0 Å². The molecule has 3 N–H and O–H groups in total. The summed E-state index contributed by atoms with van der Waals surface area (Å²) in [5.74, 6) is -3.29. The summed E-state index contributed by atoms with van der Waals surface area (Å²) in [7, 11) is 0. The molecule has 6 unspecified atom stereocenters. The molecular formula is C69H114O12. The van der Waals surface area contributed by atoms with Crippen molar-refractivity contribution in [3.63, 3.8) is 0 Å². The molecule has 12 heteroatoms. The zero-order chi connectivity index (χ0) is 58.9. The van der Waals surface area contributed by atoms with Crippen LogP contribution in [0.3, 0.4) is 0 Å². The average Bonchev–Trinajstić information content (AvgIpc) is 3.52. The van der Waals surface area contributed by atoms with Crippen LogP contribution in [0.4, 0.5) is 0 Å². The van der Waals surface area contributed by atoms with E-state index >= 15 is 0 Å². The molecule has 1 aliphatic heterocycles. The Kier molecular flexibility index (Phi) is 51.7. The predicted octanol–water partition coefficient (Wildman–Crippen LogP) is 17.2. The maximum atomic E-state index is 13.1. The number of ether oxygens (including phenoxy) is 5. The lowest BCUT2D eigenvalue weighted by molar-refractivity contribution is -0.301. The third kappa shape index (κ3) is 45.8. The molecule has 12 nitrogen and oxygen atoms in total. The number of carboxylic acids is 1. The van der Waals surface area contributed by atoms with Crippen LogP contribution in [0.1, 0.15) is 265 Å². The van der Waals surface area contributed by atoms with Crippen molar-refractivity contribution in [1.29, 1.82) is 0 Å². The standard InChI is InChI=1S/C69H114O12/c1-4-7-10-13-16-19-22-25-28-30-31-33-36-39-42-45-48-51-54-57-63(72)80-67-65(74)64(73)66(68(75)76)81-69(67)78-59-60(79-62(71)56-53-50-47-44-41-38-34-27-24-21-18-15-12-9-6-3)58-77-61(70)55-52-49-46-43-40-37-35-32-29-26-23-20-17-14-11-8-5-2/h8-9,11-12,17-18,20-21,26-27,29,34,41,44,50,53,60,64-67,69,73-74H,4-7,10,13-16,19,22-25,28,30-33,35-40,42-43,45-49,51-52,54-59H2,1-3H3,(H,75,76)/b11-8-,12-9-,20-17-,21-18-,29-26-,34-27-,44-41-,53-50-. The van der Waals surface area contributed by atoms with E-state index in [9.17, 15) is 34.5 Å². The van der Waals surface area contributed by atoms with E-state index in [0.29, 0.717) is 19.3 Å². The molecule has 0 aromatic heterocycles. The van der Waals surface area contributed by atoms with E-state index in [1.165, 1.54) is 96.3 Å². The van der Waals surface area contributed by atoms with Crippen molar-refractivity contribution in [3.8, 4) is 0 Å². The Bertz CT molecular complexity index is 1780. The molecule has 1 heterocycles. The van der Waals surface area contributed by atoms with Gasteiger partial charge in [-0.05, 0) is 77.0 Å². The van der Waals surface area contributed by atoms with Crippen molar-refractivity contribution < 1.29 is 58.2 Å². The Morgan fingerprint density at radius 2 is 0.815 bits per heavy atom. The number of hydrogen-bond donors (Lipinski definition) is 3. The van der Waals surface area contributed by atoms with Gasteiger partial charge in [-0.1, -0.05) is 266 Å². The number of aliphatic hydroxyl groups is 2. The van der Waals surface area contributed by atoms with E-state index in [4.69, 9.17) is 23.7 Å². The van der Waals surface area contributed by atoms with Gasteiger partial charge in [0.25, 0.3) is 0 Å². The Morgan fingerprint density at radius 3 is 1.25 bits per heavy atom. The van der Waals surface area contributed by atoms with Crippen LogP contribution in [0.15, 0.2) is 97.2 Å². The molecule has 462 valence electrons. The van der Waals surface area contributed by atoms with Gasteiger partial charge in [0.15, 0.2) is 24.6 Å². The summed E-state index contributed by atoms with van der Waals surface area (Å²) in [4.78, 5) is 51.2. The molecule has 0 amide bonds. The highest BCUT2D eigenvalue weighted by atomic mass is 16.7. The molecule has 81 heavy (non-hydrogen) atoms. The quantitative estimate of drug-likeness (QED) is 0.0228. The number of carbonyl (C=O) groups is 4. The smallest absolute Gasteiger partial charge is 0.335 e. The number of rotatable bonds is 54. The molecule has 6 atom stereocenters. The minimum atomic E-state index is -1.92. The van der Waals surface area contributed by atoms with Gasteiger partial charge < -0.3 is 39.0 Å². The molecule has 0 aromatic carbocycles. The van der Waals surface area contributed by atoms with Crippen LogP contribution in [-0.2, 0) is 42.9 Å². The largest absolute Gasteiger partial charge is 0.479 e. The van der Waals surface area contributed by atoms with Crippen LogP contribution in [-0.4, -0.2) is 89.2 Å². The van der Waals surface area contributed by atoms with Gasteiger partial charge in [0.05, 0.1) is 13.0 Å². The molecule has 1 rings (SSSR count). The van der Waals surface area contributed by atoms with Gasteiger partial charge in [-0.3, -0.25) is 14.4 Å². The van der Waals surface area contributed by atoms with Gasteiger partial charge in [-0.25, -0.2) is 4.79 Å². The average molecular weight is 1140 g/mol. The van der Waals surface area contributed by atoms with Gasteiger partial charge in [0.2, 0.25) is 0 Å². The first-order valence-electron chi connectivity index (χ1n) is 32.2. The van der Waals surface area contributed by atoms with Crippen molar-refractivity contribution in [2.24, 2.45) is 0 Å². The van der Waals surface area contributed by atoms with Crippen LogP contribution in [0.2, 0.25) is 0 Å². The molecule has 1 fully saturated rings. The van der Waals surface area contributed by atoms with E-state index in [2.05, 4.69) is 99.8 Å². The fourth-order valence-electron chi connectivity index (χ4n) is 9.34. The summed E-state index contributed by atoms with van der Waals surface area (Å²) in [6, 6.07) is 0. The lowest BCUT2D eigenvalue weighted by Crippen LogP contribution is -2.61. The third-order valence-electron chi connectivity index (χ3n) is 14.2. The summed E-state index contributed by atoms with van der Waals surface area (Å²) in [6.07, 6.45) is 62.6. The summed E-state index contributed by atoms with van der Waals surface area (Å²) in [5.41, 5.74) is 0. The van der Waals surface area contributed by atoms with Crippen molar-refractivity contribution >= 4 is 23.9 Å².